The highest BCUT2D eigenvalue weighted by molar-refractivity contribution is 6.30. The average Bonchev–Trinajstić information content (AvgIpc) is 3.43. The van der Waals surface area contributed by atoms with Crippen LogP contribution in [0.15, 0.2) is 71.9 Å². The molecule has 0 bridgehead atoms. The minimum absolute atomic E-state index is 0.0616. The summed E-state index contributed by atoms with van der Waals surface area (Å²) in [6, 6.07) is 12.6. The van der Waals surface area contributed by atoms with Crippen LogP contribution in [0.4, 0.5) is 4.39 Å². The second kappa shape index (κ2) is 8.31. The molecular weight excluding hydrogens is 445 g/mol. The van der Waals surface area contributed by atoms with Gasteiger partial charge in [-0.2, -0.15) is 10.2 Å². The van der Waals surface area contributed by atoms with Crippen molar-refractivity contribution in [1.29, 1.82) is 0 Å². The summed E-state index contributed by atoms with van der Waals surface area (Å²) in [5, 5.41) is 22.4. The van der Waals surface area contributed by atoms with Crippen molar-refractivity contribution < 1.29 is 9.50 Å². The number of aryl methyl sites for hydroxylation is 1. The van der Waals surface area contributed by atoms with Crippen LogP contribution in [0.2, 0.25) is 5.02 Å². The van der Waals surface area contributed by atoms with E-state index in [-0.39, 0.29) is 17.2 Å². The number of hydrogen-bond acceptors (Lipinski definition) is 4. The predicted octanol–water partition coefficient (Wildman–Crippen LogP) is 4.17. The van der Waals surface area contributed by atoms with E-state index in [2.05, 4.69) is 15.3 Å². The molecule has 1 atom stereocenters. The third kappa shape index (κ3) is 3.83. The van der Waals surface area contributed by atoms with Gasteiger partial charge in [-0.3, -0.25) is 14.6 Å². The van der Waals surface area contributed by atoms with Crippen molar-refractivity contribution in [2.45, 2.75) is 6.04 Å². The normalized spacial score (nSPS) is 12.4. The van der Waals surface area contributed by atoms with Crippen LogP contribution < -0.4 is 5.56 Å². The first-order valence-corrected chi connectivity index (χ1v) is 10.6. The predicted molar refractivity (Wildman–Crippen MR) is 125 cm³/mol. The smallest absolute Gasteiger partial charge is 0.251 e. The van der Waals surface area contributed by atoms with Crippen LogP contribution in [0.5, 0.6) is 0 Å². The van der Waals surface area contributed by atoms with Crippen molar-refractivity contribution in [2.24, 2.45) is 7.05 Å². The van der Waals surface area contributed by atoms with Crippen LogP contribution in [-0.4, -0.2) is 36.3 Å². The molecule has 2 N–H and O–H groups in total. The number of aromatic amines is 1. The van der Waals surface area contributed by atoms with Gasteiger partial charge in [0.05, 0.1) is 29.4 Å². The standard InChI is InChI=1S/C24H19ClFN5O2/c1-30-12-17(11-27-30)24-18-8-14(3-5-21(18)28-29-24)15-6-7-31(23(33)10-15)22(13-32)16-2-4-20(26)19(25)9-16/h2-12,22,32H,13H2,1H3,(H,28,29)/t22-/m1/s1. The highest BCUT2D eigenvalue weighted by Crippen LogP contribution is 2.30. The van der Waals surface area contributed by atoms with Gasteiger partial charge in [0, 0.05) is 36.5 Å². The lowest BCUT2D eigenvalue weighted by Crippen LogP contribution is -2.26. The van der Waals surface area contributed by atoms with Gasteiger partial charge < -0.3 is 9.67 Å². The molecular formula is C24H19ClFN5O2. The Kier molecular flexibility index (Phi) is 5.32. The zero-order valence-electron chi connectivity index (χ0n) is 17.5. The third-order valence-corrected chi connectivity index (χ3v) is 5.95. The lowest BCUT2D eigenvalue weighted by atomic mass is 10.0. The Hall–Kier alpha value is -3.75. The van der Waals surface area contributed by atoms with Crippen molar-refractivity contribution in [3.05, 3.63) is 93.9 Å². The fourth-order valence-corrected chi connectivity index (χ4v) is 4.15. The van der Waals surface area contributed by atoms with Crippen molar-refractivity contribution in [2.75, 3.05) is 6.61 Å². The van der Waals surface area contributed by atoms with E-state index in [9.17, 15) is 14.3 Å². The lowest BCUT2D eigenvalue weighted by molar-refractivity contribution is 0.247. The van der Waals surface area contributed by atoms with Gasteiger partial charge in [-0.05, 0) is 47.0 Å². The van der Waals surface area contributed by atoms with Crippen molar-refractivity contribution in [1.82, 2.24) is 24.5 Å². The number of rotatable bonds is 5. The van der Waals surface area contributed by atoms with Crippen LogP contribution in [0.3, 0.4) is 0 Å². The number of aromatic nitrogens is 5. The Labute approximate surface area is 192 Å². The number of benzene rings is 2. The van der Waals surface area contributed by atoms with E-state index in [1.807, 2.05) is 31.4 Å². The number of H-pyrrole nitrogens is 1. The highest BCUT2D eigenvalue weighted by Gasteiger charge is 2.17. The second-order valence-electron chi connectivity index (χ2n) is 7.77. The molecule has 2 aromatic carbocycles. The van der Waals surface area contributed by atoms with Crippen LogP contribution in [0.1, 0.15) is 11.6 Å². The van der Waals surface area contributed by atoms with Crippen molar-refractivity contribution >= 4 is 22.5 Å². The molecule has 0 fully saturated rings. The van der Waals surface area contributed by atoms with Crippen LogP contribution in [-0.2, 0) is 7.05 Å². The molecule has 0 aliphatic heterocycles. The molecule has 0 saturated heterocycles. The van der Waals surface area contributed by atoms with Gasteiger partial charge in [0.1, 0.15) is 11.5 Å². The minimum Gasteiger partial charge on any atom is -0.394 e. The SMILES string of the molecule is Cn1cc(-c2n[nH]c3ccc(-c4ccn([C@H](CO)c5ccc(F)c(Cl)c5)c(=O)c4)cc23)cn1. The molecule has 0 radical (unpaired) electrons. The Balaban J connectivity index is 1.53. The summed E-state index contributed by atoms with van der Waals surface area (Å²) in [5.74, 6) is -0.555. The maximum absolute atomic E-state index is 13.5. The minimum atomic E-state index is -0.682. The number of hydrogen-bond donors (Lipinski definition) is 2. The van der Waals surface area contributed by atoms with Gasteiger partial charge in [0.25, 0.3) is 5.56 Å². The lowest BCUT2D eigenvalue weighted by Gasteiger charge is -2.19. The van der Waals surface area contributed by atoms with E-state index >= 15 is 0 Å². The molecule has 3 heterocycles. The summed E-state index contributed by atoms with van der Waals surface area (Å²) < 4.78 is 16.7. The Morgan fingerprint density at radius 1 is 1.12 bits per heavy atom. The third-order valence-electron chi connectivity index (χ3n) is 5.66. The molecule has 0 unspecified atom stereocenters. The van der Waals surface area contributed by atoms with E-state index in [0.29, 0.717) is 5.56 Å². The number of fused-ring (bicyclic) bond motifs is 1. The molecule has 7 nitrogen and oxygen atoms in total. The molecule has 166 valence electrons. The van der Waals surface area contributed by atoms with E-state index in [0.717, 1.165) is 33.3 Å². The second-order valence-corrected chi connectivity index (χ2v) is 8.18. The maximum Gasteiger partial charge on any atom is 0.251 e. The summed E-state index contributed by atoms with van der Waals surface area (Å²) in [6.45, 7) is -0.337. The number of pyridine rings is 1. The molecule has 0 amide bonds. The topological polar surface area (TPSA) is 88.7 Å². The summed E-state index contributed by atoms with van der Waals surface area (Å²) in [4.78, 5) is 13.0. The molecule has 3 aromatic heterocycles. The Morgan fingerprint density at radius 3 is 2.64 bits per heavy atom. The average molecular weight is 464 g/mol. The molecule has 0 saturated carbocycles. The van der Waals surface area contributed by atoms with E-state index in [4.69, 9.17) is 11.6 Å². The number of aliphatic hydroxyl groups excluding tert-OH is 1. The van der Waals surface area contributed by atoms with Gasteiger partial charge in [-0.25, -0.2) is 4.39 Å². The van der Waals surface area contributed by atoms with Gasteiger partial charge in [0.15, 0.2) is 0 Å². The molecule has 33 heavy (non-hydrogen) atoms. The Morgan fingerprint density at radius 2 is 1.94 bits per heavy atom. The van der Waals surface area contributed by atoms with E-state index in [1.54, 1.807) is 23.1 Å². The molecule has 5 aromatic rings. The number of aliphatic hydroxyl groups is 1. The number of nitrogens with zero attached hydrogens (tertiary/aromatic N) is 4. The number of nitrogens with one attached hydrogen (secondary N) is 1. The summed E-state index contributed by atoms with van der Waals surface area (Å²) in [5.41, 5.74) is 4.36. The summed E-state index contributed by atoms with van der Waals surface area (Å²) in [6.07, 6.45) is 5.26. The van der Waals surface area contributed by atoms with Gasteiger partial charge >= 0.3 is 0 Å². The number of halogens is 2. The maximum atomic E-state index is 13.5. The zero-order chi connectivity index (χ0) is 23.1. The summed E-state index contributed by atoms with van der Waals surface area (Å²) >= 11 is 5.89. The van der Waals surface area contributed by atoms with Gasteiger partial charge in [-0.15, -0.1) is 0 Å². The molecule has 5 rings (SSSR count). The van der Waals surface area contributed by atoms with Gasteiger partial charge in [0.2, 0.25) is 0 Å². The van der Waals surface area contributed by atoms with Crippen LogP contribution in [0.25, 0.3) is 33.3 Å². The quantitative estimate of drug-likeness (QED) is 0.409. The molecule has 0 spiro atoms. The zero-order valence-corrected chi connectivity index (χ0v) is 18.3. The first kappa shape index (κ1) is 21.1. The fraction of sp³-hybridized carbons (Fsp3) is 0.125. The van der Waals surface area contributed by atoms with E-state index in [1.165, 1.54) is 28.8 Å². The van der Waals surface area contributed by atoms with Crippen molar-refractivity contribution in [3.8, 4) is 22.4 Å². The first-order chi connectivity index (χ1) is 15.9. The molecule has 0 aliphatic carbocycles. The molecule has 9 heteroatoms. The first-order valence-electron chi connectivity index (χ1n) is 10.2. The van der Waals surface area contributed by atoms with Gasteiger partial charge in [-0.1, -0.05) is 23.7 Å². The summed E-state index contributed by atoms with van der Waals surface area (Å²) in [7, 11) is 1.85. The fourth-order valence-electron chi connectivity index (χ4n) is 3.96. The highest BCUT2D eigenvalue weighted by atomic mass is 35.5. The van der Waals surface area contributed by atoms with Crippen LogP contribution in [0, 0.1) is 5.82 Å². The van der Waals surface area contributed by atoms with E-state index < -0.39 is 11.9 Å². The monoisotopic (exact) mass is 463 g/mol. The van der Waals surface area contributed by atoms with Crippen molar-refractivity contribution in [3.63, 3.8) is 0 Å². The molecule has 0 aliphatic rings. The Bertz CT molecular complexity index is 1540. The largest absolute Gasteiger partial charge is 0.394 e. The van der Waals surface area contributed by atoms with Crippen LogP contribution >= 0.6 is 11.6 Å².